The van der Waals surface area contributed by atoms with Crippen LogP contribution in [0, 0.1) is 57.0 Å². The van der Waals surface area contributed by atoms with Gasteiger partial charge in [0.2, 0.25) is 0 Å². The van der Waals surface area contributed by atoms with Crippen molar-refractivity contribution >= 4 is 98.5 Å². The van der Waals surface area contributed by atoms with Crippen LogP contribution in [0.5, 0.6) is 0 Å². The zero-order valence-electron chi connectivity index (χ0n) is 80.3. The summed E-state index contributed by atoms with van der Waals surface area (Å²) in [5.41, 5.74) is 20.8. The van der Waals surface area contributed by atoms with Crippen LogP contribution in [0.3, 0.4) is 0 Å². The first-order valence-corrected chi connectivity index (χ1v) is 41.4. The van der Waals surface area contributed by atoms with Gasteiger partial charge >= 0.3 is 0 Å². The Balaban J connectivity index is 0.000000145. The Kier molecular flexibility index (Phi) is 20.6. The van der Waals surface area contributed by atoms with E-state index in [1.165, 1.54) is 11.0 Å². The average molecular weight is 2180 g/mol. The fourth-order valence-corrected chi connectivity index (χ4v) is 17.5. The molecule has 0 spiro atoms. The van der Waals surface area contributed by atoms with Crippen LogP contribution in [0.25, 0.3) is 133 Å². The van der Waals surface area contributed by atoms with Crippen molar-refractivity contribution in [3.8, 4) is 34.5 Å². The van der Waals surface area contributed by atoms with Crippen LogP contribution >= 0.6 is 0 Å². The number of aromatic nitrogens is 12. The Labute approximate surface area is 787 Å². The molecular formula is C110H97N12Pt3-3. The van der Waals surface area contributed by atoms with Crippen LogP contribution in [0.1, 0.15) is 145 Å². The maximum atomic E-state index is 7.97. The van der Waals surface area contributed by atoms with Gasteiger partial charge in [-0.1, -0.05) is 113 Å². The van der Waals surface area contributed by atoms with Gasteiger partial charge < -0.3 is 13.7 Å². The summed E-state index contributed by atoms with van der Waals surface area (Å²) in [6.07, 6.45) is 11.1. The van der Waals surface area contributed by atoms with Crippen molar-refractivity contribution in [1.29, 1.82) is 0 Å². The zero-order valence-corrected chi connectivity index (χ0v) is 78.2. The molecule has 0 N–H and O–H groups in total. The summed E-state index contributed by atoms with van der Waals surface area (Å²) in [6.45, 7) is 17.5. The van der Waals surface area contributed by atoms with E-state index >= 15 is 0 Å². The largest absolute Gasteiger partial charge is 0.319 e. The van der Waals surface area contributed by atoms with Crippen LogP contribution < -0.4 is 0 Å². The predicted octanol–water partition coefficient (Wildman–Crippen LogP) is 26.2. The van der Waals surface area contributed by atoms with Gasteiger partial charge in [-0.3, -0.25) is 0 Å². The summed E-state index contributed by atoms with van der Waals surface area (Å²) in [4.78, 5) is 13.8. The third kappa shape index (κ3) is 15.6. The van der Waals surface area contributed by atoms with Gasteiger partial charge in [0.05, 0.1) is 11.6 Å². The van der Waals surface area contributed by atoms with E-state index in [1.54, 1.807) is 55.0 Å². The molecule has 21 aromatic rings. The maximum Gasteiger partial charge on any atom is 0.188 e. The minimum absolute atomic E-state index is 0. The second kappa shape index (κ2) is 34.1. The van der Waals surface area contributed by atoms with Crippen molar-refractivity contribution in [2.24, 2.45) is 7.05 Å². The molecule has 12 aromatic carbocycles. The molecule has 0 saturated heterocycles. The molecule has 0 aliphatic heterocycles. The number of pyridine rings is 3. The van der Waals surface area contributed by atoms with E-state index < -0.39 is 36.8 Å². The number of hydrogen-bond acceptors (Lipinski definition) is 3. The first-order chi connectivity index (χ1) is 62.5. The van der Waals surface area contributed by atoms with Crippen molar-refractivity contribution in [3.63, 3.8) is 0 Å². The zero-order chi connectivity index (χ0) is 91.8. The number of nitrogens with zero attached hydrogens (tertiary/aromatic N) is 12. The summed E-state index contributed by atoms with van der Waals surface area (Å²) >= 11 is 0. The average Bonchev–Trinajstić information content (AvgIpc) is 1.61. The third-order valence-corrected chi connectivity index (χ3v) is 24.2. The minimum Gasteiger partial charge on any atom is -0.319 e. The molecule has 125 heavy (non-hydrogen) atoms. The van der Waals surface area contributed by atoms with E-state index in [4.69, 9.17) is 12.3 Å². The Bertz CT molecular complexity index is 8050. The molecule has 12 nitrogen and oxygen atoms in total. The van der Waals surface area contributed by atoms with E-state index in [1.807, 2.05) is 68.3 Å². The predicted molar refractivity (Wildman–Crippen MR) is 503 cm³/mol. The molecule has 9 aromatic heterocycles. The summed E-state index contributed by atoms with van der Waals surface area (Å²) in [5.74, 6) is 1.67. The molecule has 9 heterocycles. The Morgan fingerprint density at radius 2 is 0.608 bits per heavy atom. The fraction of sp³-hybridized carbons (Fsp3) is 0.182. The molecule has 0 amide bonds. The number of rotatable bonds is 13. The topological polar surface area (TPSA) is 83.0 Å². The van der Waals surface area contributed by atoms with E-state index in [-0.39, 0.29) is 85.4 Å². The summed E-state index contributed by atoms with van der Waals surface area (Å²) < 4.78 is 91.0. The van der Waals surface area contributed by atoms with Gasteiger partial charge in [-0.15, -0.1) is 69.2 Å². The van der Waals surface area contributed by atoms with Gasteiger partial charge in [0.15, 0.2) is 52.1 Å². The molecule has 630 valence electrons. The number of benzene rings is 12. The molecule has 21 rings (SSSR count). The van der Waals surface area contributed by atoms with Crippen molar-refractivity contribution in [3.05, 3.63) is 397 Å². The standard InChI is InChI=1S/C38H35N4.C37H33N4.C35H29N4.3Pt/c1-26-20-21-39-36(22-26)42-32-15-8-7-14-30(32)31-19-18-28(24-35(31)42)38(5,6)27-12-11-13-29(23-27)40-25-41(37(2,3)4)34-17-10-9-16-33(34)40;1-25(2)39-24-40(34-16-9-8-15-33(34)39)29-12-10-11-27(22-29)37(4,5)28-17-18-31-30-13-6-7-14-32(30)41(35(31)23-28)36-21-26(3)19-20-38-36;1-24-18-19-36-34(20-24)39-30-13-6-5-12-28(30)29-17-16-26(22-33(29)39)35(2,3)25-10-9-11-27(21-25)38-23-37(4)31-14-7-8-15-32(31)38;;;/h7-22,25H,1-6H3;6-21,24-25H,1-5H3;5-20,23H,1-4H3;;;/q3*-1;;;/i1D3;3D3;1D3;;;. The first-order valence-electron chi connectivity index (χ1n) is 45.9. The van der Waals surface area contributed by atoms with Gasteiger partial charge in [0, 0.05) is 171 Å². The summed E-state index contributed by atoms with van der Waals surface area (Å²) in [5, 5.41) is 6.31. The van der Waals surface area contributed by atoms with Crippen LogP contribution in [-0.2, 0) is 92.0 Å². The number of hydrogen-bond donors (Lipinski definition) is 0. The molecule has 0 saturated carbocycles. The van der Waals surface area contributed by atoms with Crippen molar-refractivity contribution in [1.82, 2.24) is 56.1 Å². The number of aryl methyl sites for hydroxylation is 4. The third-order valence-electron chi connectivity index (χ3n) is 24.2. The van der Waals surface area contributed by atoms with Crippen LogP contribution in [-0.4, -0.2) is 56.1 Å². The maximum absolute atomic E-state index is 7.97. The molecule has 0 radical (unpaired) electrons. The molecule has 0 unspecified atom stereocenters. The monoisotopic (exact) mass is 2180 g/mol. The molecule has 0 aliphatic rings. The molecular weight excluding hydrogens is 2070 g/mol. The number of imidazole rings is 3. The van der Waals surface area contributed by atoms with Gasteiger partial charge in [-0.25, -0.2) is 42.4 Å². The summed E-state index contributed by atoms with van der Waals surface area (Å²) in [6, 6.07) is 114. The quantitative estimate of drug-likeness (QED) is 0.108. The fourth-order valence-electron chi connectivity index (χ4n) is 17.5. The Morgan fingerprint density at radius 1 is 0.304 bits per heavy atom. The number of fused-ring (bicyclic) bond motifs is 12. The normalized spacial score (nSPS) is 13.4. The second-order valence-electron chi connectivity index (χ2n) is 34.5. The smallest absolute Gasteiger partial charge is 0.188 e. The van der Waals surface area contributed by atoms with Crippen LogP contribution in [0.2, 0.25) is 0 Å². The first kappa shape index (κ1) is 75.5. The minimum atomic E-state index is -2.23. The van der Waals surface area contributed by atoms with Gasteiger partial charge in [-0.2, -0.15) is 108 Å². The van der Waals surface area contributed by atoms with E-state index in [9.17, 15) is 0 Å². The Hall–Kier alpha value is -12.0. The molecule has 0 aliphatic carbocycles. The van der Waals surface area contributed by atoms with Crippen LogP contribution in [0.4, 0.5) is 0 Å². The van der Waals surface area contributed by atoms with Gasteiger partial charge in [-0.05, 0) is 195 Å². The SMILES string of the molecule is [2H]C([2H])([2H])c1ccnc(-n2c3[c-]c(C(C)(C)c4[c-]c(-n5[cH+]n(C(C)(C)C)c6ccccc65)ccc4)ccc3c3ccccc32)c1.[2H]C([2H])([2H])c1ccnc(-n2c3[c-]c(C(C)(C)c4[c-]c(-n5[cH+]n(C(C)C)c6ccccc65)ccc4)ccc3c3ccccc32)c1.[2H]C([2H])([2H])c1ccnc(-n2c3[c-]c(C(C)(C)c4[c-]c(-n5[cH+]n(C)c6ccccc65)ccc4)ccc3c3ccccc32)c1.[Pt].[Pt].[Pt]. The van der Waals surface area contributed by atoms with Crippen molar-refractivity contribution in [2.75, 3.05) is 0 Å². The number of para-hydroxylation sites is 9. The summed E-state index contributed by atoms with van der Waals surface area (Å²) in [7, 11) is 2.05. The van der Waals surface area contributed by atoms with Gasteiger partial charge in [0.25, 0.3) is 0 Å². The van der Waals surface area contributed by atoms with E-state index in [0.717, 1.165) is 138 Å². The van der Waals surface area contributed by atoms with E-state index in [2.05, 4.69) is 363 Å². The molecule has 0 atom stereocenters. The van der Waals surface area contributed by atoms with Gasteiger partial charge in [0.1, 0.15) is 17.5 Å². The van der Waals surface area contributed by atoms with Crippen molar-refractivity contribution in [2.45, 2.75) is 125 Å². The molecule has 0 bridgehead atoms. The van der Waals surface area contributed by atoms with Crippen molar-refractivity contribution < 1.29 is 75.5 Å². The molecule has 15 heteroatoms. The second-order valence-corrected chi connectivity index (χ2v) is 34.5. The molecule has 0 fully saturated rings. The van der Waals surface area contributed by atoms with E-state index in [0.29, 0.717) is 23.5 Å². The van der Waals surface area contributed by atoms with Crippen LogP contribution in [0.15, 0.2) is 311 Å². The Morgan fingerprint density at radius 3 is 0.968 bits per heavy atom.